The van der Waals surface area contributed by atoms with Crippen molar-refractivity contribution in [2.45, 2.75) is 19.3 Å². The van der Waals surface area contributed by atoms with Crippen LogP contribution in [0.15, 0.2) is 54.6 Å². The van der Waals surface area contributed by atoms with E-state index < -0.39 is 0 Å². The number of hydrogen-bond acceptors (Lipinski definition) is 2. The lowest BCUT2D eigenvalue weighted by Crippen LogP contribution is -2.30. The largest absolute Gasteiger partial charge is 0.273 e. The average molecular weight is 303 g/mol. The Morgan fingerprint density at radius 2 is 1.30 bits per heavy atom. The van der Waals surface area contributed by atoms with Crippen molar-refractivity contribution in [1.29, 1.82) is 0 Å². The zero-order valence-corrected chi connectivity index (χ0v) is 12.8. The highest BCUT2D eigenvalue weighted by atomic mass is 16.2. The van der Waals surface area contributed by atoms with Crippen molar-refractivity contribution in [3.05, 3.63) is 71.3 Å². The second kappa shape index (κ2) is 6.93. The summed E-state index contributed by atoms with van der Waals surface area (Å²) in [6.07, 6.45) is 2.22. The molecule has 1 aliphatic rings. The Balaban J connectivity index is 1.50. The highest BCUT2D eigenvalue weighted by Gasteiger charge is 2.34. The van der Waals surface area contributed by atoms with Crippen LogP contribution in [-0.2, 0) is 6.42 Å². The zero-order valence-electron chi connectivity index (χ0n) is 12.8. The van der Waals surface area contributed by atoms with Crippen LogP contribution in [-0.4, -0.2) is 23.3 Å². The van der Waals surface area contributed by atoms with E-state index in [2.05, 4.69) is 24.0 Å². The minimum Gasteiger partial charge on any atom is -0.273 e. The number of imide groups is 1. The Hall–Kier alpha value is -2.86. The number of amides is 2. The van der Waals surface area contributed by atoms with E-state index in [1.165, 1.54) is 10.5 Å². The summed E-state index contributed by atoms with van der Waals surface area (Å²) >= 11 is 0. The highest BCUT2D eigenvalue weighted by molar-refractivity contribution is 6.21. The van der Waals surface area contributed by atoms with Gasteiger partial charge in [-0.25, -0.2) is 0 Å². The van der Waals surface area contributed by atoms with Crippen LogP contribution in [0.5, 0.6) is 0 Å². The molecule has 3 heteroatoms. The molecular weight excluding hydrogens is 286 g/mol. The average Bonchev–Trinajstić information content (AvgIpc) is 2.84. The lowest BCUT2D eigenvalue weighted by molar-refractivity contribution is 0.0658. The summed E-state index contributed by atoms with van der Waals surface area (Å²) in [7, 11) is 0. The number of fused-ring (bicyclic) bond motifs is 1. The number of nitrogens with zero attached hydrogens (tertiary/aromatic N) is 1. The third-order valence-corrected chi connectivity index (χ3v) is 3.85. The summed E-state index contributed by atoms with van der Waals surface area (Å²) in [6.45, 7) is 0.352. The molecule has 3 nitrogen and oxygen atoms in total. The van der Waals surface area contributed by atoms with Gasteiger partial charge in [0.15, 0.2) is 0 Å². The lowest BCUT2D eigenvalue weighted by Gasteiger charge is -2.11. The molecule has 0 spiro atoms. The van der Waals surface area contributed by atoms with Gasteiger partial charge in [0.05, 0.1) is 11.1 Å². The molecule has 114 valence electrons. The van der Waals surface area contributed by atoms with Crippen molar-refractivity contribution in [1.82, 2.24) is 4.90 Å². The van der Waals surface area contributed by atoms with E-state index in [0.29, 0.717) is 24.1 Å². The smallest absolute Gasteiger partial charge is 0.261 e. The molecule has 0 aromatic heterocycles. The second-order valence-electron chi connectivity index (χ2n) is 5.40. The van der Waals surface area contributed by atoms with Crippen LogP contribution >= 0.6 is 0 Å². The van der Waals surface area contributed by atoms with Crippen molar-refractivity contribution in [3.63, 3.8) is 0 Å². The van der Waals surface area contributed by atoms with Gasteiger partial charge in [-0.15, -0.1) is 11.8 Å². The first-order valence-corrected chi connectivity index (χ1v) is 7.72. The molecule has 3 rings (SSSR count). The number of rotatable bonds is 4. The Morgan fingerprint density at radius 1 is 0.739 bits per heavy atom. The predicted molar refractivity (Wildman–Crippen MR) is 89.0 cm³/mol. The SMILES string of the molecule is O=C1c2ccccc2C(=O)N1CCC#CCCc1ccccc1. The Labute approximate surface area is 135 Å². The van der Waals surface area contributed by atoms with Gasteiger partial charge in [0.2, 0.25) is 0 Å². The molecule has 0 fully saturated rings. The minimum atomic E-state index is -0.211. The molecule has 0 saturated carbocycles. The van der Waals surface area contributed by atoms with Crippen LogP contribution in [0.2, 0.25) is 0 Å². The number of hydrogen-bond donors (Lipinski definition) is 0. The summed E-state index contributed by atoms with van der Waals surface area (Å²) in [5, 5.41) is 0. The molecule has 2 aromatic carbocycles. The molecule has 1 heterocycles. The molecule has 0 atom stereocenters. The van der Waals surface area contributed by atoms with E-state index in [9.17, 15) is 9.59 Å². The lowest BCUT2D eigenvalue weighted by atomic mass is 10.1. The quantitative estimate of drug-likeness (QED) is 0.642. The Morgan fingerprint density at radius 3 is 1.96 bits per heavy atom. The van der Waals surface area contributed by atoms with Crippen molar-refractivity contribution in [2.24, 2.45) is 0 Å². The number of benzene rings is 2. The third-order valence-electron chi connectivity index (χ3n) is 3.85. The number of aryl methyl sites for hydroxylation is 1. The monoisotopic (exact) mass is 303 g/mol. The molecular formula is C20H17NO2. The van der Waals surface area contributed by atoms with Gasteiger partial charge in [0, 0.05) is 19.4 Å². The summed E-state index contributed by atoms with van der Waals surface area (Å²) in [4.78, 5) is 25.6. The maximum atomic E-state index is 12.2. The fourth-order valence-corrected chi connectivity index (χ4v) is 2.64. The molecule has 0 saturated heterocycles. The van der Waals surface area contributed by atoms with Crippen LogP contribution in [0.4, 0.5) is 0 Å². The Bertz CT molecular complexity index is 749. The first-order valence-electron chi connectivity index (χ1n) is 7.72. The molecule has 23 heavy (non-hydrogen) atoms. The maximum absolute atomic E-state index is 12.2. The van der Waals surface area contributed by atoms with Gasteiger partial charge < -0.3 is 0 Å². The first kappa shape index (κ1) is 15.1. The molecule has 2 aromatic rings. The predicted octanol–water partition coefficient (Wildman–Crippen LogP) is 3.31. The minimum absolute atomic E-state index is 0.211. The fourth-order valence-electron chi connectivity index (χ4n) is 2.64. The topological polar surface area (TPSA) is 37.4 Å². The normalized spacial score (nSPS) is 12.8. The van der Waals surface area contributed by atoms with E-state index >= 15 is 0 Å². The summed E-state index contributed by atoms with van der Waals surface area (Å²) < 4.78 is 0. The van der Waals surface area contributed by atoms with Gasteiger partial charge >= 0.3 is 0 Å². The fraction of sp³-hybridized carbons (Fsp3) is 0.200. The second-order valence-corrected chi connectivity index (χ2v) is 5.40. The molecule has 0 N–H and O–H groups in total. The van der Waals surface area contributed by atoms with Gasteiger partial charge in [-0.05, 0) is 24.1 Å². The zero-order chi connectivity index (χ0) is 16.1. The summed E-state index contributed by atoms with van der Waals surface area (Å²) in [5.74, 6) is 5.74. The van der Waals surface area contributed by atoms with Gasteiger partial charge in [-0.1, -0.05) is 42.5 Å². The van der Waals surface area contributed by atoms with Gasteiger partial charge in [-0.3, -0.25) is 14.5 Å². The maximum Gasteiger partial charge on any atom is 0.261 e. The number of carbonyl (C=O) groups is 2. The summed E-state index contributed by atoms with van der Waals surface area (Å²) in [6, 6.07) is 17.1. The number of carbonyl (C=O) groups excluding carboxylic acids is 2. The van der Waals surface area contributed by atoms with Crippen molar-refractivity contribution in [2.75, 3.05) is 6.54 Å². The van der Waals surface area contributed by atoms with Gasteiger partial charge in [0.1, 0.15) is 0 Å². The van der Waals surface area contributed by atoms with Crippen LogP contribution in [0.25, 0.3) is 0 Å². The van der Waals surface area contributed by atoms with E-state index in [4.69, 9.17) is 0 Å². The van der Waals surface area contributed by atoms with Crippen LogP contribution in [0.1, 0.15) is 39.1 Å². The van der Waals surface area contributed by atoms with Crippen LogP contribution in [0.3, 0.4) is 0 Å². The molecule has 0 aliphatic carbocycles. The van der Waals surface area contributed by atoms with Gasteiger partial charge in [0.25, 0.3) is 11.8 Å². The van der Waals surface area contributed by atoms with Crippen LogP contribution < -0.4 is 0 Å². The Kier molecular flexibility index (Phi) is 4.54. The van der Waals surface area contributed by atoms with Crippen molar-refractivity contribution >= 4 is 11.8 Å². The third kappa shape index (κ3) is 3.32. The van der Waals surface area contributed by atoms with E-state index in [1.807, 2.05) is 18.2 Å². The summed E-state index contributed by atoms with van der Waals surface area (Å²) in [5.41, 5.74) is 2.26. The van der Waals surface area contributed by atoms with E-state index in [0.717, 1.165) is 12.8 Å². The molecule has 0 unspecified atom stereocenters. The molecule has 2 amide bonds. The van der Waals surface area contributed by atoms with Gasteiger partial charge in [-0.2, -0.15) is 0 Å². The molecule has 0 radical (unpaired) electrons. The van der Waals surface area contributed by atoms with Crippen molar-refractivity contribution < 1.29 is 9.59 Å². The van der Waals surface area contributed by atoms with Crippen molar-refractivity contribution in [3.8, 4) is 11.8 Å². The first-order chi connectivity index (χ1) is 11.3. The highest BCUT2D eigenvalue weighted by Crippen LogP contribution is 2.22. The molecule has 0 bridgehead atoms. The standard InChI is InChI=1S/C20H17NO2/c22-19-17-13-7-8-14-18(17)20(23)21(19)15-9-2-1-4-10-16-11-5-3-6-12-16/h3,5-8,11-14H,4,9-10,15H2. The van der Waals surface area contributed by atoms with E-state index in [1.54, 1.807) is 24.3 Å². The van der Waals surface area contributed by atoms with E-state index in [-0.39, 0.29) is 11.8 Å². The molecule has 1 aliphatic heterocycles. The van der Waals surface area contributed by atoms with Crippen LogP contribution in [0, 0.1) is 11.8 Å².